The lowest BCUT2D eigenvalue weighted by Gasteiger charge is -2.04. The van der Waals surface area contributed by atoms with Crippen molar-refractivity contribution in [1.29, 1.82) is 0 Å². The van der Waals surface area contributed by atoms with Crippen molar-refractivity contribution < 1.29 is 4.79 Å². The van der Waals surface area contributed by atoms with Gasteiger partial charge in [0.15, 0.2) is 0 Å². The second kappa shape index (κ2) is 7.13. The van der Waals surface area contributed by atoms with Gasteiger partial charge in [-0.3, -0.25) is 19.9 Å². The Morgan fingerprint density at radius 3 is 2.76 bits per heavy atom. The van der Waals surface area contributed by atoms with Gasteiger partial charge in [-0.2, -0.15) is 5.10 Å². The quantitative estimate of drug-likeness (QED) is 0.351. The van der Waals surface area contributed by atoms with Crippen LogP contribution in [0.2, 0.25) is 0 Å². The molecule has 2 aromatic heterocycles. The zero-order valence-electron chi connectivity index (χ0n) is 15.4. The maximum absolute atomic E-state index is 13.2. The van der Waals surface area contributed by atoms with Gasteiger partial charge >= 0.3 is 0 Å². The number of pyridine rings is 1. The normalized spacial score (nSPS) is 11.4. The number of carbonyl (C=O) groups excluding carboxylic acids is 1. The lowest BCUT2D eigenvalue weighted by atomic mass is 10.0. The number of rotatable bonds is 4. The fraction of sp³-hybridized carbons (Fsp3) is 0. The van der Waals surface area contributed by atoms with Gasteiger partial charge in [-0.05, 0) is 41.3 Å². The summed E-state index contributed by atoms with van der Waals surface area (Å²) in [5, 5.41) is 10.1. The molecule has 0 unspecified atom stereocenters. The monoisotopic (exact) mass is 376 g/mol. The van der Waals surface area contributed by atoms with Crippen LogP contribution in [0.3, 0.4) is 0 Å². The lowest BCUT2D eigenvalue weighted by molar-refractivity contribution is 0.103. The maximum Gasteiger partial charge on any atom is 0.216 e. The average molecular weight is 376 g/mol. The van der Waals surface area contributed by atoms with E-state index in [0.29, 0.717) is 16.9 Å². The van der Waals surface area contributed by atoms with E-state index in [2.05, 4.69) is 20.2 Å². The summed E-state index contributed by atoms with van der Waals surface area (Å²) < 4.78 is 0. The van der Waals surface area contributed by atoms with Crippen LogP contribution in [0.15, 0.2) is 90.2 Å². The Bertz CT molecular complexity index is 1380. The highest BCUT2D eigenvalue weighted by Gasteiger charge is 2.18. The second-order valence-corrected chi connectivity index (χ2v) is 6.70. The molecule has 138 valence electrons. The Balaban J connectivity index is 1.52. The van der Waals surface area contributed by atoms with E-state index in [9.17, 15) is 4.79 Å². The van der Waals surface area contributed by atoms with Crippen molar-refractivity contribution in [3.8, 4) is 0 Å². The third-order valence-corrected chi connectivity index (χ3v) is 4.85. The van der Waals surface area contributed by atoms with Crippen LogP contribution in [0, 0.1) is 0 Å². The molecule has 0 saturated heterocycles. The van der Waals surface area contributed by atoms with Gasteiger partial charge in [0.1, 0.15) is 5.69 Å². The standard InChI is InChI=1S/C24H16N4O/c29-24(23-19-5-1-4-8-22(19)27-28-23)20-6-2-3-7-21(20)26-14-16-9-10-18-15-25-12-11-17(18)13-16/h1-15H,(H,27,28). The van der Waals surface area contributed by atoms with Crippen molar-refractivity contribution in [2.24, 2.45) is 4.99 Å². The van der Waals surface area contributed by atoms with Gasteiger partial charge in [-0.25, -0.2) is 0 Å². The van der Waals surface area contributed by atoms with E-state index in [1.807, 2.05) is 72.9 Å². The highest BCUT2D eigenvalue weighted by atomic mass is 16.1. The Morgan fingerprint density at radius 2 is 1.79 bits per heavy atom. The molecule has 0 aliphatic rings. The van der Waals surface area contributed by atoms with E-state index in [1.165, 1.54) is 0 Å². The summed E-state index contributed by atoms with van der Waals surface area (Å²) in [5.74, 6) is -0.153. The molecular formula is C24H16N4O. The SMILES string of the molecule is O=C(c1ccccc1N=Cc1ccc2cnccc2c1)c1n[nH]c2ccccc12. The summed E-state index contributed by atoms with van der Waals surface area (Å²) >= 11 is 0. The van der Waals surface area contributed by atoms with Crippen molar-refractivity contribution in [2.45, 2.75) is 0 Å². The molecule has 0 bridgehead atoms. The summed E-state index contributed by atoms with van der Waals surface area (Å²) in [6.07, 6.45) is 5.37. The molecule has 2 heterocycles. The van der Waals surface area contributed by atoms with Gasteiger partial charge in [-0.1, -0.05) is 42.5 Å². The number of para-hydroxylation sites is 2. The zero-order valence-corrected chi connectivity index (χ0v) is 15.4. The second-order valence-electron chi connectivity index (χ2n) is 6.70. The van der Waals surface area contributed by atoms with Crippen LogP contribution in [0.5, 0.6) is 0 Å². The smallest absolute Gasteiger partial charge is 0.216 e. The third kappa shape index (κ3) is 3.19. The van der Waals surface area contributed by atoms with E-state index >= 15 is 0 Å². The molecule has 0 fully saturated rings. The van der Waals surface area contributed by atoms with Crippen LogP contribution < -0.4 is 0 Å². The number of aromatic nitrogens is 3. The number of aliphatic imine (C=N–C) groups is 1. The van der Waals surface area contributed by atoms with Crippen molar-refractivity contribution in [3.05, 3.63) is 102 Å². The fourth-order valence-electron chi connectivity index (χ4n) is 3.37. The molecule has 0 saturated carbocycles. The molecule has 0 atom stereocenters. The van der Waals surface area contributed by atoms with Crippen molar-refractivity contribution >= 4 is 39.4 Å². The van der Waals surface area contributed by atoms with Crippen LogP contribution in [-0.2, 0) is 0 Å². The molecule has 0 amide bonds. The van der Waals surface area contributed by atoms with E-state index in [4.69, 9.17) is 0 Å². The number of nitrogens with one attached hydrogen (secondary N) is 1. The van der Waals surface area contributed by atoms with E-state index in [0.717, 1.165) is 27.2 Å². The largest absolute Gasteiger partial charge is 0.287 e. The number of ketones is 1. The molecule has 5 aromatic rings. The van der Waals surface area contributed by atoms with Crippen molar-refractivity contribution in [2.75, 3.05) is 0 Å². The van der Waals surface area contributed by atoms with Crippen molar-refractivity contribution in [3.63, 3.8) is 0 Å². The van der Waals surface area contributed by atoms with Crippen LogP contribution in [0.25, 0.3) is 21.7 Å². The number of carbonyl (C=O) groups is 1. The lowest BCUT2D eigenvalue weighted by Crippen LogP contribution is -2.03. The Kier molecular flexibility index (Phi) is 4.18. The van der Waals surface area contributed by atoms with Gasteiger partial charge in [0.05, 0.1) is 11.2 Å². The Morgan fingerprint density at radius 1 is 0.931 bits per heavy atom. The summed E-state index contributed by atoms with van der Waals surface area (Å²) in [7, 11) is 0. The molecule has 3 aromatic carbocycles. The molecule has 5 nitrogen and oxygen atoms in total. The number of hydrogen-bond donors (Lipinski definition) is 1. The molecule has 0 radical (unpaired) electrons. The maximum atomic E-state index is 13.2. The topological polar surface area (TPSA) is 71.0 Å². The first-order valence-electron chi connectivity index (χ1n) is 9.24. The first kappa shape index (κ1) is 17.0. The van der Waals surface area contributed by atoms with Crippen LogP contribution in [0.4, 0.5) is 5.69 Å². The number of H-pyrrole nitrogens is 1. The third-order valence-electron chi connectivity index (χ3n) is 4.85. The summed E-state index contributed by atoms with van der Waals surface area (Å²) in [4.78, 5) is 21.9. The minimum atomic E-state index is -0.153. The van der Waals surface area contributed by atoms with Crippen LogP contribution >= 0.6 is 0 Å². The minimum Gasteiger partial charge on any atom is -0.287 e. The zero-order chi connectivity index (χ0) is 19.6. The van der Waals surface area contributed by atoms with E-state index in [-0.39, 0.29) is 5.78 Å². The molecule has 29 heavy (non-hydrogen) atoms. The molecule has 0 spiro atoms. The van der Waals surface area contributed by atoms with E-state index < -0.39 is 0 Å². The number of nitrogens with zero attached hydrogens (tertiary/aromatic N) is 3. The number of aromatic amines is 1. The van der Waals surface area contributed by atoms with E-state index in [1.54, 1.807) is 18.5 Å². The predicted octanol–water partition coefficient (Wildman–Crippen LogP) is 5.09. The molecule has 0 aliphatic carbocycles. The van der Waals surface area contributed by atoms with Crippen LogP contribution in [-0.4, -0.2) is 27.2 Å². The van der Waals surface area contributed by atoms with Gasteiger partial charge in [0.2, 0.25) is 5.78 Å². The summed E-state index contributed by atoms with van der Waals surface area (Å²) in [6, 6.07) is 22.9. The van der Waals surface area contributed by atoms with Gasteiger partial charge in [0, 0.05) is 34.9 Å². The molecule has 0 aliphatic heterocycles. The average Bonchev–Trinajstić information content (AvgIpc) is 3.21. The molecule has 5 rings (SSSR count). The van der Waals surface area contributed by atoms with Gasteiger partial charge in [0.25, 0.3) is 0 Å². The van der Waals surface area contributed by atoms with Crippen molar-refractivity contribution in [1.82, 2.24) is 15.2 Å². The molecule has 1 N–H and O–H groups in total. The molecular weight excluding hydrogens is 360 g/mol. The number of hydrogen-bond acceptors (Lipinski definition) is 4. The minimum absolute atomic E-state index is 0.153. The summed E-state index contributed by atoms with van der Waals surface area (Å²) in [6.45, 7) is 0. The number of benzene rings is 3. The number of fused-ring (bicyclic) bond motifs is 2. The van der Waals surface area contributed by atoms with Crippen LogP contribution in [0.1, 0.15) is 21.6 Å². The van der Waals surface area contributed by atoms with Gasteiger partial charge < -0.3 is 0 Å². The predicted molar refractivity (Wildman–Crippen MR) is 115 cm³/mol. The van der Waals surface area contributed by atoms with Gasteiger partial charge in [-0.15, -0.1) is 0 Å². The molecule has 5 heteroatoms. The summed E-state index contributed by atoms with van der Waals surface area (Å²) in [5.41, 5.74) is 3.32. The highest BCUT2D eigenvalue weighted by molar-refractivity contribution is 6.17. The Hall–Kier alpha value is -4.12. The fourth-order valence-corrected chi connectivity index (χ4v) is 3.37. The first-order chi connectivity index (χ1) is 14.3. The Labute approximate surface area is 166 Å². The first-order valence-corrected chi connectivity index (χ1v) is 9.24. The highest BCUT2D eigenvalue weighted by Crippen LogP contribution is 2.25.